The largest absolute Gasteiger partial charge is 0.497 e. The molecule has 0 unspecified atom stereocenters. The molecule has 1 atom stereocenters. The van der Waals surface area contributed by atoms with Gasteiger partial charge in [-0.1, -0.05) is 12.1 Å². The first-order valence-corrected chi connectivity index (χ1v) is 8.13. The first-order valence-electron chi connectivity index (χ1n) is 8.13. The Hall–Kier alpha value is -2.89. The van der Waals surface area contributed by atoms with Crippen molar-refractivity contribution in [3.8, 4) is 5.75 Å². The van der Waals surface area contributed by atoms with Crippen LogP contribution in [0, 0.1) is 6.92 Å². The maximum Gasteiger partial charge on any atom is 0.251 e. The van der Waals surface area contributed by atoms with Gasteiger partial charge in [0.1, 0.15) is 5.75 Å². The van der Waals surface area contributed by atoms with Crippen molar-refractivity contribution in [3.05, 3.63) is 59.4 Å². The van der Waals surface area contributed by atoms with Crippen LogP contribution in [0.15, 0.2) is 42.6 Å². The van der Waals surface area contributed by atoms with E-state index < -0.39 is 0 Å². The summed E-state index contributed by atoms with van der Waals surface area (Å²) < 4.78 is 5.09. The first-order chi connectivity index (χ1) is 12.0. The predicted molar refractivity (Wildman–Crippen MR) is 95.5 cm³/mol. The van der Waals surface area contributed by atoms with Crippen molar-refractivity contribution >= 4 is 11.8 Å². The number of aryl methyl sites for hydroxylation is 1. The van der Waals surface area contributed by atoms with Gasteiger partial charge in [0.2, 0.25) is 5.91 Å². The molecule has 6 heteroatoms. The number of pyridine rings is 1. The zero-order valence-corrected chi connectivity index (χ0v) is 14.7. The summed E-state index contributed by atoms with van der Waals surface area (Å²) in [5.74, 6) is 0.241. The minimum Gasteiger partial charge on any atom is -0.497 e. The van der Waals surface area contributed by atoms with E-state index in [0.717, 1.165) is 11.3 Å². The van der Waals surface area contributed by atoms with Gasteiger partial charge >= 0.3 is 0 Å². The molecular formula is C19H23N3O3. The highest BCUT2D eigenvalue weighted by atomic mass is 16.5. The van der Waals surface area contributed by atoms with Crippen LogP contribution in [0.1, 0.15) is 41.0 Å². The van der Waals surface area contributed by atoms with E-state index in [1.165, 1.54) is 0 Å². The lowest BCUT2D eigenvalue weighted by Crippen LogP contribution is -2.32. The van der Waals surface area contributed by atoms with Gasteiger partial charge in [0, 0.05) is 24.7 Å². The van der Waals surface area contributed by atoms with Crippen molar-refractivity contribution in [3.63, 3.8) is 0 Å². The fraction of sp³-hybridized carbons (Fsp3) is 0.316. The zero-order chi connectivity index (χ0) is 18.2. The van der Waals surface area contributed by atoms with Gasteiger partial charge < -0.3 is 15.4 Å². The summed E-state index contributed by atoms with van der Waals surface area (Å²) in [6.45, 7) is 4.10. The summed E-state index contributed by atoms with van der Waals surface area (Å²) in [6.07, 6.45) is 1.97. The van der Waals surface area contributed by atoms with Crippen LogP contribution in [0.2, 0.25) is 0 Å². The molecule has 25 heavy (non-hydrogen) atoms. The number of hydrogen-bond acceptors (Lipinski definition) is 4. The molecule has 0 spiro atoms. The summed E-state index contributed by atoms with van der Waals surface area (Å²) in [7, 11) is 1.55. The SMILES string of the molecule is COc1cccc(C(=O)NCCC(=O)N[C@H](C)c2ccc(C)cn2)c1. The molecule has 0 radical (unpaired) electrons. The third kappa shape index (κ3) is 5.60. The molecule has 2 aromatic rings. The fourth-order valence-corrected chi connectivity index (χ4v) is 2.28. The highest BCUT2D eigenvalue weighted by molar-refractivity contribution is 5.94. The number of methoxy groups -OCH3 is 1. The number of nitrogens with zero attached hydrogens (tertiary/aromatic N) is 1. The number of amides is 2. The summed E-state index contributed by atoms with van der Waals surface area (Å²) in [6, 6.07) is 10.5. The molecule has 0 saturated carbocycles. The maximum atomic E-state index is 12.1. The van der Waals surface area contributed by atoms with Crippen LogP contribution in [0.25, 0.3) is 0 Å². The predicted octanol–water partition coefficient (Wildman–Crippen LogP) is 2.40. The number of rotatable bonds is 7. The molecular weight excluding hydrogens is 318 g/mol. The lowest BCUT2D eigenvalue weighted by Gasteiger charge is -2.14. The minimum atomic E-state index is -0.236. The first kappa shape index (κ1) is 18.4. The van der Waals surface area contributed by atoms with E-state index in [1.807, 2.05) is 26.0 Å². The lowest BCUT2D eigenvalue weighted by atomic mass is 10.2. The molecule has 0 aliphatic carbocycles. The van der Waals surface area contributed by atoms with E-state index in [0.29, 0.717) is 11.3 Å². The molecule has 0 fully saturated rings. The third-order valence-corrected chi connectivity index (χ3v) is 3.72. The summed E-state index contributed by atoms with van der Waals surface area (Å²) in [4.78, 5) is 28.4. The number of benzene rings is 1. The number of ether oxygens (including phenoxy) is 1. The molecule has 1 aromatic heterocycles. The van der Waals surface area contributed by atoms with Crippen LogP contribution >= 0.6 is 0 Å². The molecule has 0 aliphatic heterocycles. The Kier molecular flexibility index (Phi) is 6.51. The van der Waals surface area contributed by atoms with Gasteiger partial charge in [-0.2, -0.15) is 0 Å². The number of aromatic nitrogens is 1. The topological polar surface area (TPSA) is 80.3 Å². The Balaban J connectivity index is 1.77. The van der Waals surface area contributed by atoms with E-state index >= 15 is 0 Å². The third-order valence-electron chi connectivity index (χ3n) is 3.72. The van der Waals surface area contributed by atoms with Crippen molar-refractivity contribution in [1.29, 1.82) is 0 Å². The minimum absolute atomic E-state index is 0.138. The van der Waals surface area contributed by atoms with Crippen LogP contribution in [0.4, 0.5) is 0 Å². The summed E-state index contributed by atoms with van der Waals surface area (Å²) in [5, 5.41) is 5.61. The van der Waals surface area contributed by atoms with Crippen LogP contribution in [-0.2, 0) is 4.79 Å². The second-order valence-corrected chi connectivity index (χ2v) is 5.79. The number of carbonyl (C=O) groups excluding carboxylic acids is 2. The lowest BCUT2D eigenvalue weighted by molar-refractivity contribution is -0.121. The standard InChI is InChI=1S/C19H23N3O3/c1-13-7-8-17(21-12-13)14(2)22-18(23)9-10-20-19(24)15-5-4-6-16(11-15)25-3/h4-8,11-12,14H,9-10H2,1-3H3,(H,20,24)(H,22,23)/t14-/m1/s1. The molecule has 1 aromatic carbocycles. The highest BCUT2D eigenvalue weighted by Crippen LogP contribution is 2.12. The van der Waals surface area contributed by atoms with Crippen LogP contribution in [0.3, 0.4) is 0 Å². The van der Waals surface area contributed by atoms with Crippen LogP contribution in [0.5, 0.6) is 5.75 Å². The van der Waals surface area contributed by atoms with Crippen molar-refractivity contribution in [2.24, 2.45) is 0 Å². The average molecular weight is 341 g/mol. The van der Waals surface area contributed by atoms with Crippen molar-refractivity contribution in [2.45, 2.75) is 26.3 Å². The van der Waals surface area contributed by atoms with E-state index in [2.05, 4.69) is 15.6 Å². The molecule has 6 nitrogen and oxygen atoms in total. The second kappa shape index (κ2) is 8.82. The Morgan fingerprint density at radius 2 is 2.04 bits per heavy atom. The van der Waals surface area contributed by atoms with Gasteiger partial charge in [-0.25, -0.2) is 0 Å². The van der Waals surface area contributed by atoms with Gasteiger partial charge in [0.15, 0.2) is 0 Å². The smallest absolute Gasteiger partial charge is 0.251 e. The average Bonchev–Trinajstić information content (AvgIpc) is 2.62. The van der Waals surface area contributed by atoms with E-state index in [-0.39, 0.29) is 30.8 Å². The Bertz CT molecular complexity index is 729. The monoisotopic (exact) mass is 341 g/mol. The maximum absolute atomic E-state index is 12.1. The number of hydrogen-bond donors (Lipinski definition) is 2. The van der Waals surface area contributed by atoms with Gasteiger partial charge in [-0.05, 0) is 43.7 Å². The second-order valence-electron chi connectivity index (χ2n) is 5.79. The van der Waals surface area contributed by atoms with Crippen molar-refractivity contribution < 1.29 is 14.3 Å². The van der Waals surface area contributed by atoms with Crippen molar-refractivity contribution in [2.75, 3.05) is 13.7 Å². The summed E-state index contributed by atoms with van der Waals surface area (Å²) in [5.41, 5.74) is 2.37. The highest BCUT2D eigenvalue weighted by Gasteiger charge is 2.11. The molecule has 1 heterocycles. The number of carbonyl (C=O) groups is 2. The Labute approximate surface area is 147 Å². The van der Waals surface area contributed by atoms with E-state index in [9.17, 15) is 9.59 Å². The molecule has 2 N–H and O–H groups in total. The van der Waals surface area contributed by atoms with E-state index in [4.69, 9.17) is 4.74 Å². The van der Waals surface area contributed by atoms with E-state index in [1.54, 1.807) is 37.6 Å². The molecule has 0 bridgehead atoms. The number of nitrogens with one attached hydrogen (secondary N) is 2. The Morgan fingerprint density at radius 1 is 1.24 bits per heavy atom. The molecule has 0 aliphatic rings. The van der Waals surface area contributed by atoms with Crippen LogP contribution < -0.4 is 15.4 Å². The zero-order valence-electron chi connectivity index (χ0n) is 14.7. The molecule has 0 saturated heterocycles. The quantitative estimate of drug-likeness (QED) is 0.810. The normalized spacial score (nSPS) is 11.5. The molecule has 132 valence electrons. The van der Waals surface area contributed by atoms with Gasteiger partial charge in [0.05, 0.1) is 18.8 Å². The molecule has 2 rings (SSSR count). The van der Waals surface area contributed by atoms with Crippen molar-refractivity contribution in [1.82, 2.24) is 15.6 Å². The van der Waals surface area contributed by atoms with Crippen LogP contribution in [-0.4, -0.2) is 30.5 Å². The molecule has 2 amide bonds. The summed E-state index contributed by atoms with van der Waals surface area (Å²) >= 11 is 0. The van der Waals surface area contributed by atoms with Gasteiger partial charge in [-0.3, -0.25) is 14.6 Å². The van der Waals surface area contributed by atoms with Gasteiger partial charge in [0.25, 0.3) is 5.91 Å². The Morgan fingerprint density at radius 3 is 2.72 bits per heavy atom. The fourth-order valence-electron chi connectivity index (χ4n) is 2.28. The van der Waals surface area contributed by atoms with Gasteiger partial charge in [-0.15, -0.1) is 0 Å².